The van der Waals surface area contributed by atoms with E-state index in [-0.39, 0.29) is 11.5 Å². The second kappa shape index (κ2) is 6.20. The van der Waals surface area contributed by atoms with Gasteiger partial charge in [0.1, 0.15) is 5.69 Å². The number of benzene rings is 1. The molecule has 3 rings (SSSR count). The highest BCUT2D eigenvalue weighted by Crippen LogP contribution is 2.29. The maximum Gasteiger partial charge on any atom is 0.433 e. The van der Waals surface area contributed by atoms with Gasteiger partial charge in [0, 0.05) is 28.0 Å². The van der Waals surface area contributed by atoms with E-state index in [0.29, 0.717) is 16.3 Å². The summed E-state index contributed by atoms with van der Waals surface area (Å²) in [6, 6.07) is 11.4. The lowest BCUT2D eigenvalue weighted by molar-refractivity contribution is -0.141. The normalized spacial score (nSPS) is 11.5. The molecule has 1 aromatic carbocycles. The van der Waals surface area contributed by atoms with Gasteiger partial charge in [-0.3, -0.25) is 4.98 Å². The fourth-order valence-electron chi connectivity index (χ4n) is 2.16. The molecule has 0 fully saturated rings. The van der Waals surface area contributed by atoms with Gasteiger partial charge in [-0.2, -0.15) is 13.2 Å². The van der Waals surface area contributed by atoms with Crippen molar-refractivity contribution in [1.82, 2.24) is 15.0 Å². The Morgan fingerprint density at radius 1 is 0.917 bits per heavy atom. The Balaban J connectivity index is 1.96. The molecular formula is C17H11ClF3N3. The number of halogens is 4. The molecule has 0 saturated heterocycles. The van der Waals surface area contributed by atoms with Crippen molar-refractivity contribution in [2.24, 2.45) is 0 Å². The van der Waals surface area contributed by atoms with Crippen LogP contribution in [-0.2, 0) is 6.18 Å². The van der Waals surface area contributed by atoms with E-state index in [1.807, 2.05) is 12.1 Å². The van der Waals surface area contributed by atoms with Crippen molar-refractivity contribution < 1.29 is 13.2 Å². The van der Waals surface area contributed by atoms with Gasteiger partial charge in [-0.1, -0.05) is 23.7 Å². The molecule has 0 aliphatic heterocycles. The first kappa shape index (κ1) is 16.4. The van der Waals surface area contributed by atoms with Crippen LogP contribution in [0.15, 0.2) is 48.7 Å². The number of hydrogen-bond donors (Lipinski definition) is 0. The first-order valence-corrected chi connectivity index (χ1v) is 7.36. The molecule has 0 aliphatic carbocycles. The maximum absolute atomic E-state index is 12.9. The summed E-state index contributed by atoms with van der Waals surface area (Å²) in [6.45, 7) is 1.50. The Hall–Kier alpha value is -2.47. The third-order valence-electron chi connectivity index (χ3n) is 3.31. The minimum Gasteiger partial charge on any atom is -0.255 e. The minimum atomic E-state index is -4.51. The van der Waals surface area contributed by atoms with Gasteiger partial charge in [-0.05, 0) is 37.3 Å². The molecule has 0 N–H and O–H groups in total. The first-order chi connectivity index (χ1) is 11.3. The van der Waals surface area contributed by atoms with Crippen LogP contribution in [-0.4, -0.2) is 15.0 Å². The van der Waals surface area contributed by atoms with E-state index < -0.39 is 11.9 Å². The molecule has 0 aliphatic rings. The van der Waals surface area contributed by atoms with E-state index in [1.165, 1.54) is 13.1 Å². The van der Waals surface area contributed by atoms with Crippen molar-refractivity contribution >= 4 is 11.6 Å². The summed E-state index contributed by atoms with van der Waals surface area (Å²) in [7, 11) is 0. The summed E-state index contributed by atoms with van der Waals surface area (Å²) in [5, 5.41) is 0.614. The zero-order chi connectivity index (χ0) is 17.3. The lowest BCUT2D eigenvalue weighted by atomic mass is 10.1. The molecule has 2 heterocycles. The van der Waals surface area contributed by atoms with Crippen molar-refractivity contribution in [2.75, 3.05) is 0 Å². The third kappa shape index (κ3) is 3.54. The van der Waals surface area contributed by atoms with E-state index in [0.717, 1.165) is 11.6 Å². The van der Waals surface area contributed by atoms with Crippen molar-refractivity contribution in [2.45, 2.75) is 13.1 Å². The molecule has 7 heteroatoms. The molecule has 0 spiro atoms. The molecule has 0 bridgehead atoms. The van der Waals surface area contributed by atoms with Crippen LogP contribution < -0.4 is 0 Å². The quantitative estimate of drug-likeness (QED) is 0.639. The Morgan fingerprint density at radius 3 is 2.17 bits per heavy atom. The lowest BCUT2D eigenvalue weighted by Gasteiger charge is -2.09. The summed E-state index contributed by atoms with van der Waals surface area (Å²) in [4.78, 5) is 11.9. The number of pyridine rings is 1. The van der Waals surface area contributed by atoms with E-state index in [4.69, 9.17) is 11.6 Å². The monoisotopic (exact) mass is 349 g/mol. The molecule has 122 valence electrons. The third-order valence-corrected chi connectivity index (χ3v) is 3.56. The van der Waals surface area contributed by atoms with Crippen LogP contribution in [0.25, 0.3) is 22.6 Å². The second-order valence-corrected chi connectivity index (χ2v) is 5.59. The van der Waals surface area contributed by atoms with Gasteiger partial charge in [-0.25, -0.2) is 9.97 Å². The van der Waals surface area contributed by atoms with Gasteiger partial charge in [0.25, 0.3) is 0 Å². The number of aryl methyl sites for hydroxylation is 1. The largest absolute Gasteiger partial charge is 0.433 e. The summed E-state index contributed by atoms with van der Waals surface area (Å²) in [6.07, 6.45) is -3.06. The van der Waals surface area contributed by atoms with Gasteiger partial charge in [0.2, 0.25) is 0 Å². The fraction of sp³-hybridized carbons (Fsp3) is 0.118. The molecule has 2 aromatic heterocycles. The maximum atomic E-state index is 12.9. The van der Waals surface area contributed by atoms with Crippen molar-refractivity contribution in [3.05, 3.63) is 65.1 Å². The molecular weight excluding hydrogens is 339 g/mol. The van der Waals surface area contributed by atoms with Crippen LogP contribution in [0, 0.1) is 6.92 Å². The SMILES string of the molecule is Cc1cc(C(F)(F)F)nc(-c2ccc(-c3ccc(Cl)cc3)nc2)n1. The van der Waals surface area contributed by atoms with Crippen molar-refractivity contribution in [1.29, 1.82) is 0 Å². The predicted octanol–water partition coefficient (Wildman–Crippen LogP) is 5.19. The molecule has 0 saturated carbocycles. The summed E-state index contributed by atoms with van der Waals surface area (Å²) >= 11 is 5.84. The molecule has 0 radical (unpaired) electrons. The van der Waals surface area contributed by atoms with E-state index in [9.17, 15) is 13.2 Å². The lowest BCUT2D eigenvalue weighted by Crippen LogP contribution is -2.10. The van der Waals surface area contributed by atoms with Gasteiger partial charge in [0.15, 0.2) is 5.82 Å². The molecule has 3 aromatic rings. The average Bonchev–Trinajstić information content (AvgIpc) is 2.54. The van der Waals surface area contributed by atoms with E-state index in [2.05, 4.69) is 15.0 Å². The van der Waals surface area contributed by atoms with Crippen molar-refractivity contribution in [3.8, 4) is 22.6 Å². The van der Waals surface area contributed by atoms with Crippen LogP contribution in [0.4, 0.5) is 13.2 Å². The zero-order valence-corrected chi connectivity index (χ0v) is 13.2. The topological polar surface area (TPSA) is 38.7 Å². The van der Waals surface area contributed by atoms with E-state index in [1.54, 1.807) is 24.3 Å². The molecule has 3 nitrogen and oxygen atoms in total. The highest BCUT2D eigenvalue weighted by molar-refractivity contribution is 6.30. The number of nitrogens with zero attached hydrogens (tertiary/aromatic N) is 3. The Morgan fingerprint density at radius 2 is 1.58 bits per heavy atom. The highest BCUT2D eigenvalue weighted by atomic mass is 35.5. The van der Waals surface area contributed by atoms with Gasteiger partial charge in [-0.15, -0.1) is 0 Å². The van der Waals surface area contributed by atoms with Crippen molar-refractivity contribution in [3.63, 3.8) is 0 Å². The molecule has 24 heavy (non-hydrogen) atoms. The Bertz CT molecular complexity index is 860. The smallest absolute Gasteiger partial charge is 0.255 e. The second-order valence-electron chi connectivity index (χ2n) is 5.15. The van der Waals surface area contributed by atoms with Crippen LogP contribution >= 0.6 is 11.6 Å². The number of aromatic nitrogens is 3. The Kier molecular flexibility index (Phi) is 4.24. The minimum absolute atomic E-state index is 0.00233. The highest BCUT2D eigenvalue weighted by Gasteiger charge is 2.33. The van der Waals surface area contributed by atoms with Crippen LogP contribution in [0.3, 0.4) is 0 Å². The number of hydrogen-bond acceptors (Lipinski definition) is 3. The number of alkyl halides is 3. The first-order valence-electron chi connectivity index (χ1n) is 6.98. The van der Waals surface area contributed by atoms with E-state index >= 15 is 0 Å². The van der Waals surface area contributed by atoms with Gasteiger partial charge < -0.3 is 0 Å². The average molecular weight is 350 g/mol. The predicted molar refractivity (Wildman–Crippen MR) is 85.4 cm³/mol. The van der Waals surface area contributed by atoms with Crippen LogP contribution in [0.1, 0.15) is 11.4 Å². The van der Waals surface area contributed by atoms with Crippen LogP contribution in [0.5, 0.6) is 0 Å². The van der Waals surface area contributed by atoms with Gasteiger partial charge in [0.05, 0.1) is 5.69 Å². The standard InChI is InChI=1S/C17H11ClF3N3/c1-10-8-15(17(19,20)21)24-16(23-10)12-4-7-14(22-9-12)11-2-5-13(18)6-3-11/h2-9H,1H3. The summed E-state index contributed by atoms with van der Waals surface area (Å²) < 4.78 is 38.6. The summed E-state index contributed by atoms with van der Waals surface area (Å²) in [5.41, 5.74) is 1.23. The van der Waals surface area contributed by atoms with Gasteiger partial charge >= 0.3 is 6.18 Å². The summed E-state index contributed by atoms with van der Waals surface area (Å²) in [5.74, 6) is -0.00233. The molecule has 0 amide bonds. The fourth-order valence-corrected chi connectivity index (χ4v) is 2.29. The number of rotatable bonds is 2. The van der Waals surface area contributed by atoms with Crippen LogP contribution in [0.2, 0.25) is 5.02 Å². The molecule has 0 unspecified atom stereocenters. The Labute approximate surface area is 141 Å². The zero-order valence-electron chi connectivity index (χ0n) is 12.5. The molecule has 0 atom stereocenters.